The lowest BCUT2D eigenvalue weighted by atomic mass is 9.87. The number of methoxy groups -OCH3 is 1. The molecule has 0 saturated carbocycles. The molecule has 0 aromatic heterocycles. The van der Waals surface area contributed by atoms with Crippen molar-refractivity contribution in [3.8, 4) is 5.75 Å². The lowest BCUT2D eigenvalue weighted by molar-refractivity contribution is -0.119. The van der Waals surface area contributed by atoms with Crippen molar-refractivity contribution in [3.63, 3.8) is 0 Å². The summed E-state index contributed by atoms with van der Waals surface area (Å²) in [4.78, 5) is 12.1. The van der Waals surface area contributed by atoms with Crippen molar-refractivity contribution < 1.29 is 9.53 Å². The smallest absolute Gasteiger partial charge is 0.139 e. The molecular weight excluding hydrogens is 286 g/mol. The highest BCUT2D eigenvalue weighted by Gasteiger charge is 2.21. The van der Waals surface area contributed by atoms with E-state index in [4.69, 9.17) is 4.74 Å². The summed E-state index contributed by atoms with van der Waals surface area (Å²) in [6, 6.07) is 18.2. The predicted octanol–water partition coefficient (Wildman–Crippen LogP) is 3.82. The molecule has 1 N–H and O–H groups in total. The van der Waals surface area contributed by atoms with Crippen LogP contribution < -0.4 is 10.1 Å². The number of nitrogens with one attached hydrogen (secondary N) is 1. The second-order valence-electron chi connectivity index (χ2n) is 5.83. The van der Waals surface area contributed by atoms with Crippen LogP contribution in [-0.2, 0) is 11.3 Å². The van der Waals surface area contributed by atoms with Crippen molar-refractivity contribution in [2.45, 2.75) is 25.3 Å². The Morgan fingerprint density at radius 2 is 1.83 bits per heavy atom. The zero-order valence-electron chi connectivity index (χ0n) is 13.3. The van der Waals surface area contributed by atoms with Crippen LogP contribution in [-0.4, -0.2) is 12.9 Å². The van der Waals surface area contributed by atoms with Crippen LogP contribution in [0.25, 0.3) is 0 Å². The number of Topliss-reactive ketones (excluding diaryl/α,β-unsaturated/α-hetero) is 1. The molecule has 1 unspecified atom stereocenters. The fourth-order valence-corrected chi connectivity index (χ4v) is 2.89. The van der Waals surface area contributed by atoms with Gasteiger partial charge in [0.2, 0.25) is 0 Å². The minimum absolute atomic E-state index is 0.139. The Labute approximate surface area is 137 Å². The number of allylic oxidation sites excluding steroid dienone is 2. The van der Waals surface area contributed by atoms with Crippen molar-refractivity contribution in [3.05, 3.63) is 77.5 Å². The van der Waals surface area contributed by atoms with Crippen molar-refractivity contribution in [2.24, 2.45) is 0 Å². The fraction of sp³-hybridized carbons (Fsp3) is 0.250. The zero-order chi connectivity index (χ0) is 16.1. The standard InChI is InChI=1S/C20H21NO2/c1-23-20-9-7-16(8-10-20)17-11-18(13-19(22)12-17)21-14-15-5-3-2-4-6-15/h2-11,17,21H,12-14H2,1H3. The van der Waals surface area contributed by atoms with Gasteiger partial charge in [-0.25, -0.2) is 0 Å². The van der Waals surface area contributed by atoms with E-state index in [1.165, 1.54) is 5.56 Å². The van der Waals surface area contributed by atoms with Crippen LogP contribution in [0.15, 0.2) is 66.4 Å². The monoisotopic (exact) mass is 307 g/mol. The molecule has 118 valence electrons. The molecule has 1 aliphatic carbocycles. The highest BCUT2D eigenvalue weighted by atomic mass is 16.5. The molecule has 3 rings (SSSR count). The lowest BCUT2D eigenvalue weighted by Crippen LogP contribution is -2.22. The summed E-state index contributed by atoms with van der Waals surface area (Å²) in [7, 11) is 1.66. The van der Waals surface area contributed by atoms with E-state index in [9.17, 15) is 4.79 Å². The van der Waals surface area contributed by atoms with Crippen molar-refractivity contribution in [2.75, 3.05) is 7.11 Å². The summed E-state index contributed by atoms with van der Waals surface area (Å²) in [5, 5.41) is 3.41. The lowest BCUT2D eigenvalue weighted by Gasteiger charge is -2.22. The van der Waals surface area contributed by atoms with Crippen molar-refractivity contribution >= 4 is 5.78 Å². The number of carbonyl (C=O) groups is 1. The average Bonchev–Trinajstić information content (AvgIpc) is 2.60. The third-order valence-electron chi connectivity index (χ3n) is 4.14. The molecular formula is C20H21NO2. The number of hydrogen-bond donors (Lipinski definition) is 1. The second-order valence-corrected chi connectivity index (χ2v) is 5.83. The van der Waals surface area contributed by atoms with Gasteiger partial charge in [-0.1, -0.05) is 48.5 Å². The summed E-state index contributed by atoms with van der Waals surface area (Å²) >= 11 is 0. The first-order chi connectivity index (χ1) is 11.2. The maximum absolute atomic E-state index is 12.1. The van der Waals surface area contributed by atoms with Gasteiger partial charge in [0.1, 0.15) is 11.5 Å². The number of hydrogen-bond acceptors (Lipinski definition) is 3. The first-order valence-electron chi connectivity index (χ1n) is 7.89. The SMILES string of the molecule is COc1ccc(C2C=C(NCc3ccccc3)CC(=O)C2)cc1. The Bertz CT molecular complexity index is 689. The molecule has 23 heavy (non-hydrogen) atoms. The summed E-state index contributed by atoms with van der Waals surface area (Å²) in [6.45, 7) is 0.745. The van der Waals surface area contributed by atoms with E-state index < -0.39 is 0 Å². The van der Waals surface area contributed by atoms with Gasteiger partial charge in [-0.15, -0.1) is 0 Å². The van der Waals surface area contributed by atoms with Crippen molar-refractivity contribution in [1.82, 2.24) is 5.32 Å². The highest BCUT2D eigenvalue weighted by Crippen LogP contribution is 2.29. The third kappa shape index (κ3) is 4.01. The molecule has 3 nitrogen and oxygen atoms in total. The van der Waals surface area contributed by atoms with Gasteiger partial charge in [-0.2, -0.15) is 0 Å². The van der Waals surface area contributed by atoms with Gasteiger partial charge >= 0.3 is 0 Å². The van der Waals surface area contributed by atoms with Gasteiger partial charge < -0.3 is 10.1 Å². The number of carbonyl (C=O) groups excluding carboxylic acids is 1. The van der Waals surface area contributed by atoms with Crippen LogP contribution in [0.2, 0.25) is 0 Å². The summed E-state index contributed by atoms with van der Waals surface area (Å²) < 4.78 is 5.19. The molecule has 0 amide bonds. The quantitative estimate of drug-likeness (QED) is 0.912. The van der Waals surface area contributed by atoms with E-state index in [1.807, 2.05) is 42.5 Å². The highest BCUT2D eigenvalue weighted by molar-refractivity contribution is 5.83. The molecule has 0 spiro atoms. The van der Waals surface area contributed by atoms with Crippen LogP contribution in [0, 0.1) is 0 Å². The predicted molar refractivity (Wildman–Crippen MR) is 91.3 cm³/mol. The van der Waals surface area contributed by atoms with Crippen LogP contribution in [0.4, 0.5) is 0 Å². The number of benzene rings is 2. The molecule has 0 aliphatic heterocycles. The molecule has 0 fully saturated rings. The minimum Gasteiger partial charge on any atom is -0.497 e. The van der Waals surface area contributed by atoms with Gasteiger partial charge in [-0.3, -0.25) is 4.79 Å². The van der Waals surface area contributed by atoms with E-state index in [0.717, 1.165) is 23.6 Å². The fourth-order valence-electron chi connectivity index (χ4n) is 2.89. The summed E-state index contributed by atoms with van der Waals surface area (Å²) in [5.74, 6) is 1.26. The van der Waals surface area contributed by atoms with E-state index in [0.29, 0.717) is 12.8 Å². The largest absolute Gasteiger partial charge is 0.497 e. The Kier molecular flexibility index (Phi) is 4.77. The van der Waals surface area contributed by atoms with Gasteiger partial charge in [0, 0.05) is 31.0 Å². The maximum Gasteiger partial charge on any atom is 0.139 e. The van der Waals surface area contributed by atoms with E-state index in [1.54, 1.807) is 7.11 Å². The Morgan fingerprint density at radius 1 is 1.09 bits per heavy atom. The van der Waals surface area contributed by atoms with E-state index >= 15 is 0 Å². The summed E-state index contributed by atoms with van der Waals surface area (Å²) in [6.07, 6.45) is 3.26. The van der Waals surface area contributed by atoms with Crippen LogP contribution in [0.1, 0.15) is 29.9 Å². The first kappa shape index (κ1) is 15.3. The number of ether oxygens (including phenoxy) is 1. The number of rotatable bonds is 5. The zero-order valence-corrected chi connectivity index (χ0v) is 13.3. The first-order valence-corrected chi connectivity index (χ1v) is 7.89. The second kappa shape index (κ2) is 7.14. The van der Waals surface area contributed by atoms with Gasteiger partial charge in [0.05, 0.1) is 7.11 Å². The van der Waals surface area contributed by atoms with Crippen molar-refractivity contribution in [1.29, 1.82) is 0 Å². The molecule has 2 aromatic rings. The third-order valence-corrected chi connectivity index (χ3v) is 4.14. The Balaban J connectivity index is 1.71. The minimum atomic E-state index is 0.139. The Morgan fingerprint density at radius 3 is 2.52 bits per heavy atom. The molecule has 0 radical (unpaired) electrons. The van der Waals surface area contributed by atoms with Gasteiger partial charge in [0.15, 0.2) is 0 Å². The van der Waals surface area contributed by atoms with E-state index in [2.05, 4.69) is 23.5 Å². The average molecular weight is 307 g/mol. The molecule has 2 aromatic carbocycles. The van der Waals surface area contributed by atoms with Gasteiger partial charge in [0.25, 0.3) is 0 Å². The van der Waals surface area contributed by atoms with E-state index in [-0.39, 0.29) is 11.7 Å². The van der Waals surface area contributed by atoms with Gasteiger partial charge in [-0.05, 0) is 23.3 Å². The topological polar surface area (TPSA) is 38.3 Å². The molecule has 3 heteroatoms. The molecule has 0 saturated heterocycles. The summed E-state index contributed by atoms with van der Waals surface area (Å²) in [5.41, 5.74) is 3.39. The Hall–Kier alpha value is -2.55. The maximum atomic E-state index is 12.1. The molecule has 0 heterocycles. The number of ketones is 1. The van der Waals surface area contributed by atoms with Crippen LogP contribution >= 0.6 is 0 Å². The molecule has 1 atom stereocenters. The normalized spacial score (nSPS) is 17.5. The molecule has 0 bridgehead atoms. The van der Waals surface area contributed by atoms with Crippen LogP contribution in [0.3, 0.4) is 0 Å². The van der Waals surface area contributed by atoms with Crippen LogP contribution in [0.5, 0.6) is 5.75 Å². The molecule has 1 aliphatic rings.